The van der Waals surface area contributed by atoms with Crippen molar-refractivity contribution in [1.29, 1.82) is 0 Å². The number of aliphatic hydroxyl groups is 1. The summed E-state index contributed by atoms with van der Waals surface area (Å²) in [7, 11) is 0. The highest BCUT2D eigenvalue weighted by Gasteiger charge is 2.55. The second-order valence-electron chi connectivity index (χ2n) is 5.52. The van der Waals surface area contributed by atoms with Crippen LogP contribution in [0.5, 0.6) is 0 Å². The van der Waals surface area contributed by atoms with E-state index in [1.807, 2.05) is 5.32 Å². The molecule has 2 aromatic rings. The number of hydrogen-bond donors (Lipinski definition) is 2. The van der Waals surface area contributed by atoms with Gasteiger partial charge in [0.1, 0.15) is 0 Å². The SMILES string of the molecule is CC(O)(C(=O)Nc1ccc(Sc2ccc([N+](=O)[O-])cc2)cc1Cl)C(F)(F)F. The van der Waals surface area contributed by atoms with Crippen LogP contribution in [0.2, 0.25) is 5.02 Å². The minimum atomic E-state index is -5.14. The predicted octanol–water partition coefficient (Wildman–Crippen LogP) is 4.65. The number of nitro groups is 1. The van der Waals surface area contributed by atoms with Crippen molar-refractivity contribution >= 4 is 40.6 Å². The average molecular weight is 421 g/mol. The molecule has 1 unspecified atom stereocenters. The van der Waals surface area contributed by atoms with Gasteiger partial charge in [-0.3, -0.25) is 14.9 Å². The molecule has 0 heterocycles. The fourth-order valence-electron chi connectivity index (χ4n) is 1.81. The molecular weight excluding hydrogens is 409 g/mol. The maximum absolute atomic E-state index is 12.7. The van der Waals surface area contributed by atoms with Gasteiger partial charge in [0.05, 0.1) is 15.6 Å². The van der Waals surface area contributed by atoms with Gasteiger partial charge >= 0.3 is 6.18 Å². The lowest BCUT2D eigenvalue weighted by atomic mass is 10.1. The third kappa shape index (κ3) is 4.90. The average Bonchev–Trinajstić information content (AvgIpc) is 2.56. The first-order valence-corrected chi connectivity index (χ1v) is 8.43. The molecule has 11 heteroatoms. The molecule has 0 saturated heterocycles. The monoisotopic (exact) mass is 420 g/mol. The molecule has 0 saturated carbocycles. The van der Waals surface area contributed by atoms with Gasteiger partial charge in [0.25, 0.3) is 11.6 Å². The maximum atomic E-state index is 12.7. The van der Waals surface area contributed by atoms with Crippen molar-refractivity contribution in [1.82, 2.24) is 0 Å². The Kier molecular flexibility index (Phi) is 6.03. The number of rotatable bonds is 5. The van der Waals surface area contributed by atoms with Crippen molar-refractivity contribution in [3.8, 4) is 0 Å². The van der Waals surface area contributed by atoms with Crippen LogP contribution in [0.3, 0.4) is 0 Å². The summed E-state index contributed by atoms with van der Waals surface area (Å²) in [5, 5.41) is 21.9. The zero-order chi connectivity index (χ0) is 20.4. The number of alkyl halides is 3. The van der Waals surface area contributed by atoms with Gasteiger partial charge in [-0.05, 0) is 37.3 Å². The molecule has 2 rings (SSSR count). The molecule has 1 atom stereocenters. The molecule has 2 aromatic carbocycles. The smallest absolute Gasteiger partial charge is 0.373 e. The van der Waals surface area contributed by atoms with E-state index < -0.39 is 22.6 Å². The van der Waals surface area contributed by atoms with Crippen LogP contribution < -0.4 is 5.32 Å². The minimum Gasteiger partial charge on any atom is -0.373 e. The van der Waals surface area contributed by atoms with Crippen LogP contribution >= 0.6 is 23.4 Å². The summed E-state index contributed by atoms with van der Waals surface area (Å²) >= 11 is 7.20. The van der Waals surface area contributed by atoms with Gasteiger partial charge in [-0.1, -0.05) is 23.4 Å². The molecule has 0 radical (unpaired) electrons. The Hall–Kier alpha value is -2.30. The number of anilines is 1. The van der Waals surface area contributed by atoms with E-state index in [0.717, 1.165) is 0 Å². The standard InChI is InChI=1S/C16H12ClF3N2O4S/c1-15(24,16(18,19)20)14(23)21-13-7-6-11(8-12(13)17)27-10-4-2-9(3-5-10)22(25)26/h2-8,24H,1H3,(H,21,23). The molecule has 0 aliphatic heterocycles. The van der Waals surface area contributed by atoms with Crippen LogP contribution in [-0.4, -0.2) is 27.7 Å². The third-order valence-electron chi connectivity index (χ3n) is 3.47. The number of nitrogens with one attached hydrogen (secondary N) is 1. The molecule has 6 nitrogen and oxygen atoms in total. The van der Waals surface area contributed by atoms with Crippen LogP contribution in [0, 0.1) is 10.1 Å². The largest absolute Gasteiger partial charge is 0.426 e. The van der Waals surface area contributed by atoms with Crippen molar-refractivity contribution in [2.24, 2.45) is 0 Å². The third-order valence-corrected chi connectivity index (χ3v) is 4.78. The molecule has 0 spiro atoms. The van der Waals surface area contributed by atoms with Gasteiger partial charge in [-0.25, -0.2) is 0 Å². The number of nitro benzene ring substituents is 1. The number of carbonyl (C=O) groups excluding carboxylic acids is 1. The van der Waals surface area contributed by atoms with E-state index in [1.54, 1.807) is 0 Å². The molecule has 2 N–H and O–H groups in total. The Morgan fingerprint density at radius 2 is 1.74 bits per heavy atom. The zero-order valence-electron chi connectivity index (χ0n) is 13.6. The summed E-state index contributed by atoms with van der Waals surface area (Å²) in [4.78, 5) is 23.1. The Labute approximate surface area is 160 Å². The van der Waals surface area contributed by atoms with Gasteiger partial charge in [0.15, 0.2) is 0 Å². The number of carbonyl (C=O) groups is 1. The summed E-state index contributed by atoms with van der Waals surface area (Å²) in [5.41, 5.74) is -3.73. The first-order chi connectivity index (χ1) is 12.4. The van der Waals surface area contributed by atoms with E-state index in [-0.39, 0.29) is 16.4 Å². The number of amides is 1. The van der Waals surface area contributed by atoms with E-state index in [1.165, 1.54) is 54.2 Å². The molecule has 0 bridgehead atoms. The van der Waals surface area contributed by atoms with Crippen LogP contribution in [-0.2, 0) is 4.79 Å². The molecule has 0 aliphatic rings. The van der Waals surface area contributed by atoms with E-state index in [0.29, 0.717) is 16.7 Å². The highest BCUT2D eigenvalue weighted by Crippen LogP contribution is 2.35. The summed E-state index contributed by atoms with van der Waals surface area (Å²) in [6.45, 7) is 0.342. The van der Waals surface area contributed by atoms with Crippen molar-refractivity contribution < 1.29 is 28.0 Å². The second-order valence-corrected chi connectivity index (χ2v) is 7.07. The van der Waals surface area contributed by atoms with E-state index in [9.17, 15) is 33.2 Å². The summed E-state index contributed by atoms with van der Waals surface area (Å²) in [5.74, 6) is -1.66. The molecule has 0 fully saturated rings. The van der Waals surface area contributed by atoms with E-state index in [4.69, 9.17) is 11.6 Å². The Balaban J connectivity index is 2.13. The molecule has 1 amide bonds. The molecule has 0 aromatic heterocycles. The topological polar surface area (TPSA) is 92.5 Å². The highest BCUT2D eigenvalue weighted by atomic mass is 35.5. The second kappa shape index (κ2) is 7.75. The molecule has 27 heavy (non-hydrogen) atoms. The molecule has 144 valence electrons. The summed E-state index contributed by atoms with van der Waals surface area (Å²) in [6.07, 6.45) is -5.14. The van der Waals surface area contributed by atoms with Gasteiger partial charge in [0, 0.05) is 21.9 Å². The Morgan fingerprint density at radius 3 is 2.22 bits per heavy atom. The van der Waals surface area contributed by atoms with Crippen LogP contribution in [0.1, 0.15) is 6.92 Å². The zero-order valence-corrected chi connectivity index (χ0v) is 15.2. The maximum Gasteiger partial charge on any atom is 0.426 e. The van der Waals surface area contributed by atoms with Gasteiger partial charge in [0.2, 0.25) is 5.60 Å². The number of halogens is 4. The minimum absolute atomic E-state index is 0.0340. The number of hydrogen-bond acceptors (Lipinski definition) is 5. The highest BCUT2D eigenvalue weighted by molar-refractivity contribution is 7.99. The molecule has 0 aliphatic carbocycles. The lowest BCUT2D eigenvalue weighted by molar-refractivity contribution is -0.384. The van der Waals surface area contributed by atoms with Gasteiger partial charge < -0.3 is 10.4 Å². The van der Waals surface area contributed by atoms with Crippen molar-refractivity contribution in [2.75, 3.05) is 5.32 Å². The van der Waals surface area contributed by atoms with Crippen molar-refractivity contribution in [3.63, 3.8) is 0 Å². The van der Waals surface area contributed by atoms with Crippen molar-refractivity contribution in [2.45, 2.75) is 28.5 Å². The first-order valence-electron chi connectivity index (χ1n) is 7.24. The van der Waals surface area contributed by atoms with Crippen LogP contribution in [0.25, 0.3) is 0 Å². The lowest BCUT2D eigenvalue weighted by Crippen LogP contribution is -2.52. The van der Waals surface area contributed by atoms with Crippen LogP contribution in [0.4, 0.5) is 24.5 Å². The number of nitrogens with zero attached hydrogens (tertiary/aromatic N) is 1. The van der Waals surface area contributed by atoms with Gasteiger partial charge in [-0.15, -0.1) is 0 Å². The van der Waals surface area contributed by atoms with E-state index in [2.05, 4.69) is 0 Å². The predicted molar refractivity (Wildman–Crippen MR) is 94.0 cm³/mol. The fourth-order valence-corrected chi connectivity index (χ4v) is 2.96. The molecular formula is C16H12ClF3N2O4S. The first kappa shape index (κ1) is 21.0. The number of benzene rings is 2. The quantitative estimate of drug-likeness (QED) is 0.542. The fraction of sp³-hybridized carbons (Fsp3) is 0.188. The Bertz CT molecular complexity index is 873. The van der Waals surface area contributed by atoms with Crippen molar-refractivity contribution in [3.05, 3.63) is 57.6 Å². The summed E-state index contributed by atoms with van der Waals surface area (Å²) < 4.78 is 38.0. The number of non-ortho nitro benzene ring substituents is 1. The van der Waals surface area contributed by atoms with Gasteiger partial charge in [-0.2, -0.15) is 13.2 Å². The summed E-state index contributed by atoms with van der Waals surface area (Å²) in [6, 6.07) is 9.93. The van der Waals surface area contributed by atoms with E-state index >= 15 is 0 Å². The Morgan fingerprint density at radius 1 is 1.19 bits per heavy atom. The lowest BCUT2D eigenvalue weighted by Gasteiger charge is -2.25. The normalized spacial score (nSPS) is 13.7. The van der Waals surface area contributed by atoms with Crippen LogP contribution in [0.15, 0.2) is 52.3 Å².